The maximum absolute atomic E-state index is 11.5. The maximum Gasteiger partial charge on any atom is 0.227 e. The van der Waals surface area contributed by atoms with E-state index in [4.69, 9.17) is 5.73 Å². The molecule has 15 heavy (non-hydrogen) atoms. The van der Waals surface area contributed by atoms with E-state index in [-0.39, 0.29) is 11.9 Å². The Bertz CT molecular complexity index is 337. The number of nitrogens with two attached hydrogens (primary N) is 1. The van der Waals surface area contributed by atoms with E-state index in [1.165, 1.54) is 12.4 Å². The molecule has 2 rings (SSSR count). The molecule has 5 heteroatoms. The van der Waals surface area contributed by atoms with Gasteiger partial charge < -0.3 is 11.1 Å². The van der Waals surface area contributed by atoms with Crippen LogP contribution < -0.4 is 11.1 Å². The lowest BCUT2D eigenvalue weighted by Gasteiger charge is -2.09. The Balaban J connectivity index is 1.81. The predicted octanol–water partition coefficient (Wildman–Crippen LogP) is 0.542. The number of nitrogens with zero attached hydrogens (tertiary/aromatic N) is 2. The molecule has 1 amide bonds. The van der Waals surface area contributed by atoms with Gasteiger partial charge in [-0.15, -0.1) is 0 Å². The van der Waals surface area contributed by atoms with Crippen LogP contribution in [0.15, 0.2) is 18.6 Å². The van der Waals surface area contributed by atoms with Gasteiger partial charge in [0.05, 0.1) is 6.20 Å². The summed E-state index contributed by atoms with van der Waals surface area (Å²) in [4.78, 5) is 19.3. The Morgan fingerprint density at radius 2 is 2.40 bits per heavy atom. The summed E-state index contributed by atoms with van der Waals surface area (Å²) in [6.07, 6.45) is 7.28. The number of hydrogen-bond acceptors (Lipinski definition) is 4. The number of anilines is 1. The van der Waals surface area contributed by atoms with Crippen LogP contribution in [0.1, 0.15) is 19.3 Å². The largest absolute Gasteiger partial charge is 0.327 e. The first-order valence-corrected chi connectivity index (χ1v) is 5.07. The summed E-state index contributed by atoms with van der Waals surface area (Å²) in [6, 6.07) is -0.0123. The molecule has 1 aromatic rings. The second kappa shape index (κ2) is 4.35. The number of amides is 1. The average molecular weight is 206 g/mol. The van der Waals surface area contributed by atoms with Crippen molar-refractivity contribution in [3.05, 3.63) is 18.6 Å². The molecular formula is C10H14N4O. The molecule has 80 valence electrons. The van der Waals surface area contributed by atoms with E-state index in [2.05, 4.69) is 15.3 Å². The van der Waals surface area contributed by atoms with Crippen LogP contribution >= 0.6 is 0 Å². The minimum atomic E-state index is -0.0881. The molecule has 1 fully saturated rings. The highest BCUT2D eigenvalue weighted by Gasteiger charge is 2.29. The second-order valence-electron chi connectivity index (χ2n) is 3.84. The molecule has 0 bridgehead atoms. The molecule has 3 N–H and O–H groups in total. The van der Waals surface area contributed by atoms with E-state index in [0.717, 1.165) is 12.8 Å². The summed E-state index contributed by atoms with van der Waals surface area (Å²) in [5.74, 6) is 0.929. The Labute approximate surface area is 88.1 Å². The van der Waals surface area contributed by atoms with Crippen molar-refractivity contribution in [3.8, 4) is 0 Å². The van der Waals surface area contributed by atoms with Gasteiger partial charge in [-0.05, 0) is 18.8 Å². The standard InChI is InChI=1S/C10H14N4O/c11-8(7-1-2-7)5-10(15)14-9-6-12-3-4-13-9/h3-4,6-8H,1-2,5,11H2,(H,13,14,15)/t8-/m0/s1. The van der Waals surface area contributed by atoms with E-state index in [1.807, 2.05) is 0 Å². The molecule has 0 unspecified atom stereocenters. The van der Waals surface area contributed by atoms with Crippen molar-refractivity contribution in [1.82, 2.24) is 9.97 Å². The highest BCUT2D eigenvalue weighted by Crippen LogP contribution is 2.32. The van der Waals surface area contributed by atoms with Gasteiger partial charge in [0, 0.05) is 24.9 Å². The molecule has 0 radical (unpaired) electrons. The summed E-state index contributed by atoms with van der Waals surface area (Å²) < 4.78 is 0. The minimum Gasteiger partial charge on any atom is -0.327 e. The zero-order chi connectivity index (χ0) is 10.7. The summed E-state index contributed by atoms with van der Waals surface area (Å²) in [7, 11) is 0. The van der Waals surface area contributed by atoms with Gasteiger partial charge in [-0.2, -0.15) is 0 Å². The summed E-state index contributed by atoms with van der Waals surface area (Å²) in [6.45, 7) is 0. The van der Waals surface area contributed by atoms with E-state index < -0.39 is 0 Å². The van der Waals surface area contributed by atoms with Crippen molar-refractivity contribution in [2.75, 3.05) is 5.32 Å². The van der Waals surface area contributed by atoms with Crippen LogP contribution in [0.2, 0.25) is 0 Å². The highest BCUT2D eigenvalue weighted by atomic mass is 16.1. The highest BCUT2D eigenvalue weighted by molar-refractivity contribution is 5.89. The monoisotopic (exact) mass is 206 g/mol. The number of rotatable bonds is 4. The Hall–Kier alpha value is -1.49. The zero-order valence-electron chi connectivity index (χ0n) is 8.39. The van der Waals surface area contributed by atoms with Crippen LogP contribution in [0.4, 0.5) is 5.82 Å². The molecule has 1 saturated carbocycles. The van der Waals surface area contributed by atoms with Gasteiger partial charge in [0.1, 0.15) is 0 Å². The van der Waals surface area contributed by atoms with Gasteiger partial charge in [-0.3, -0.25) is 9.78 Å². The van der Waals surface area contributed by atoms with Gasteiger partial charge >= 0.3 is 0 Å². The number of hydrogen-bond donors (Lipinski definition) is 2. The Morgan fingerprint density at radius 3 is 3.00 bits per heavy atom. The van der Waals surface area contributed by atoms with Crippen molar-refractivity contribution in [2.24, 2.45) is 11.7 Å². The SMILES string of the molecule is N[C@@H](CC(=O)Nc1cnccn1)C1CC1. The minimum absolute atomic E-state index is 0.0123. The van der Waals surface area contributed by atoms with Crippen molar-refractivity contribution >= 4 is 11.7 Å². The van der Waals surface area contributed by atoms with E-state index in [9.17, 15) is 4.79 Å². The van der Waals surface area contributed by atoms with Crippen LogP contribution in [0.25, 0.3) is 0 Å². The lowest BCUT2D eigenvalue weighted by Crippen LogP contribution is -2.29. The van der Waals surface area contributed by atoms with Crippen LogP contribution in [-0.4, -0.2) is 21.9 Å². The van der Waals surface area contributed by atoms with Gasteiger partial charge in [-0.25, -0.2) is 4.98 Å². The molecule has 1 atom stereocenters. The first-order valence-electron chi connectivity index (χ1n) is 5.07. The van der Waals surface area contributed by atoms with E-state index in [1.54, 1.807) is 6.20 Å². The maximum atomic E-state index is 11.5. The molecule has 0 aliphatic heterocycles. The first kappa shape index (κ1) is 10.0. The fourth-order valence-electron chi connectivity index (χ4n) is 1.46. The zero-order valence-corrected chi connectivity index (χ0v) is 8.39. The summed E-state index contributed by atoms with van der Waals surface area (Å²) in [5, 5.41) is 2.66. The van der Waals surface area contributed by atoms with Gasteiger partial charge in [-0.1, -0.05) is 0 Å². The third-order valence-corrected chi connectivity index (χ3v) is 2.48. The molecule has 1 aliphatic carbocycles. The van der Waals surface area contributed by atoms with Crippen molar-refractivity contribution in [1.29, 1.82) is 0 Å². The number of nitrogens with one attached hydrogen (secondary N) is 1. The second-order valence-corrected chi connectivity index (χ2v) is 3.84. The fourth-order valence-corrected chi connectivity index (χ4v) is 1.46. The Morgan fingerprint density at radius 1 is 1.60 bits per heavy atom. The van der Waals surface area contributed by atoms with E-state index >= 15 is 0 Å². The molecular weight excluding hydrogens is 192 g/mol. The smallest absolute Gasteiger partial charge is 0.227 e. The van der Waals surface area contributed by atoms with Gasteiger partial charge in [0.15, 0.2) is 5.82 Å². The fraction of sp³-hybridized carbons (Fsp3) is 0.500. The van der Waals surface area contributed by atoms with Crippen LogP contribution in [0.3, 0.4) is 0 Å². The lowest BCUT2D eigenvalue weighted by atomic mass is 10.1. The third-order valence-electron chi connectivity index (χ3n) is 2.48. The summed E-state index contributed by atoms with van der Waals surface area (Å²) in [5.41, 5.74) is 5.84. The molecule has 1 heterocycles. The predicted molar refractivity (Wildman–Crippen MR) is 56.0 cm³/mol. The molecule has 5 nitrogen and oxygen atoms in total. The van der Waals surface area contributed by atoms with Crippen molar-refractivity contribution in [3.63, 3.8) is 0 Å². The van der Waals surface area contributed by atoms with Crippen molar-refractivity contribution < 1.29 is 4.79 Å². The van der Waals surface area contributed by atoms with Crippen LogP contribution in [0, 0.1) is 5.92 Å². The molecule has 0 saturated heterocycles. The topological polar surface area (TPSA) is 80.9 Å². The molecule has 0 spiro atoms. The third kappa shape index (κ3) is 2.99. The number of carbonyl (C=O) groups is 1. The van der Waals surface area contributed by atoms with Crippen molar-refractivity contribution in [2.45, 2.75) is 25.3 Å². The Kier molecular flexibility index (Phi) is 2.91. The normalized spacial score (nSPS) is 17.1. The van der Waals surface area contributed by atoms with Crippen LogP contribution in [0.5, 0.6) is 0 Å². The van der Waals surface area contributed by atoms with E-state index in [0.29, 0.717) is 18.2 Å². The molecule has 0 aromatic carbocycles. The quantitative estimate of drug-likeness (QED) is 0.753. The van der Waals surface area contributed by atoms with Crippen LogP contribution in [-0.2, 0) is 4.79 Å². The number of aromatic nitrogens is 2. The van der Waals surface area contributed by atoms with Gasteiger partial charge in [0.25, 0.3) is 0 Å². The lowest BCUT2D eigenvalue weighted by molar-refractivity contribution is -0.116. The van der Waals surface area contributed by atoms with Gasteiger partial charge in [0.2, 0.25) is 5.91 Å². The summed E-state index contributed by atoms with van der Waals surface area (Å²) >= 11 is 0. The number of carbonyl (C=O) groups excluding carboxylic acids is 1. The molecule has 1 aromatic heterocycles. The first-order chi connectivity index (χ1) is 7.25. The average Bonchev–Trinajstić information content (AvgIpc) is 3.01. The molecule has 1 aliphatic rings.